The van der Waals surface area contributed by atoms with Crippen molar-refractivity contribution in [2.45, 2.75) is 44.7 Å². The molecule has 0 aliphatic heterocycles. The zero-order valence-corrected chi connectivity index (χ0v) is 15.9. The van der Waals surface area contributed by atoms with Crippen molar-refractivity contribution in [1.82, 2.24) is 0 Å². The molecule has 0 amide bonds. The lowest BCUT2D eigenvalue weighted by molar-refractivity contribution is 1.14. The highest BCUT2D eigenvalue weighted by Gasteiger charge is 2.39. The Labute approximate surface area is 131 Å². The van der Waals surface area contributed by atoms with Gasteiger partial charge in [0.25, 0.3) is 0 Å². The third-order valence-corrected chi connectivity index (χ3v) is 11.3. The summed E-state index contributed by atoms with van der Waals surface area (Å²) in [5, 5.41) is 3.40. The van der Waals surface area contributed by atoms with Gasteiger partial charge in [-0.25, -0.2) is 0 Å². The van der Waals surface area contributed by atoms with Crippen LogP contribution in [0.3, 0.4) is 0 Å². The summed E-state index contributed by atoms with van der Waals surface area (Å²) in [5.41, 5.74) is 3.63. The van der Waals surface area contributed by atoms with Crippen LogP contribution in [0.1, 0.15) is 23.1 Å². The standard InChI is InChI=1S/C19H26Si2/c1-20(2,3)16-11-12-17(14-16)21(4,5)19-13-10-15-8-6-7-9-18(15)19/h6-11,13-14,19H,12H2,1-5H3. The molecule has 21 heavy (non-hydrogen) atoms. The Morgan fingerprint density at radius 2 is 1.71 bits per heavy atom. The minimum absolute atomic E-state index is 0.648. The number of hydrogen-bond acceptors (Lipinski definition) is 0. The molecule has 0 fully saturated rings. The summed E-state index contributed by atoms with van der Waals surface area (Å²) in [4.78, 5) is 0. The summed E-state index contributed by atoms with van der Waals surface area (Å²) in [6.07, 6.45) is 11.1. The van der Waals surface area contributed by atoms with E-state index in [1.165, 1.54) is 12.0 Å². The van der Waals surface area contributed by atoms with E-state index in [-0.39, 0.29) is 0 Å². The van der Waals surface area contributed by atoms with Crippen LogP contribution in [-0.2, 0) is 0 Å². The van der Waals surface area contributed by atoms with Crippen LogP contribution in [-0.4, -0.2) is 16.1 Å². The van der Waals surface area contributed by atoms with Gasteiger partial charge in [0.05, 0.1) is 16.1 Å². The average molecular weight is 311 g/mol. The van der Waals surface area contributed by atoms with Crippen molar-refractivity contribution in [2.75, 3.05) is 0 Å². The first-order valence-corrected chi connectivity index (χ1v) is 14.6. The zero-order valence-electron chi connectivity index (χ0n) is 13.9. The molecule has 0 saturated heterocycles. The van der Waals surface area contributed by atoms with Gasteiger partial charge in [-0.3, -0.25) is 0 Å². The minimum Gasteiger partial charge on any atom is -0.0816 e. The van der Waals surface area contributed by atoms with E-state index in [1.54, 1.807) is 16.0 Å². The maximum absolute atomic E-state index is 2.58. The maximum atomic E-state index is 2.58. The van der Waals surface area contributed by atoms with Gasteiger partial charge in [-0.15, -0.1) is 0 Å². The van der Waals surface area contributed by atoms with Crippen molar-refractivity contribution >= 4 is 22.2 Å². The van der Waals surface area contributed by atoms with Crippen molar-refractivity contribution in [3.8, 4) is 0 Å². The van der Waals surface area contributed by atoms with E-state index < -0.39 is 16.1 Å². The molecule has 1 unspecified atom stereocenters. The Morgan fingerprint density at radius 3 is 2.38 bits per heavy atom. The highest BCUT2D eigenvalue weighted by molar-refractivity contribution is 6.88. The van der Waals surface area contributed by atoms with Gasteiger partial charge in [0, 0.05) is 5.54 Å². The Kier molecular flexibility index (Phi) is 3.49. The topological polar surface area (TPSA) is 0 Å². The molecule has 0 aromatic heterocycles. The first-order valence-electron chi connectivity index (χ1n) is 7.99. The van der Waals surface area contributed by atoms with Crippen molar-refractivity contribution in [3.63, 3.8) is 0 Å². The molecule has 1 aromatic rings. The van der Waals surface area contributed by atoms with Gasteiger partial charge in [-0.2, -0.15) is 0 Å². The Hall–Kier alpha value is -1.13. The van der Waals surface area contributed by atoms with Crippen LogP contribution < -0.4 is 0 Å². The second-order valence-corrected chi connectivity index (χ2v) is 17.8. The second kappa shape index (κ2) is 4.96. The molecule has 2 heteroatoms. The number of benzene rings is 1. The molecule has 2 aliphatic rings. The largest absolute Gasteiger partial charge is 0.0873 e. The molecular weight excluding hydrogens is 284 g/mol. The van der Waals surface area contributed by atoms with Crippen LogP contribution >= 0.6 is 0 Å². The third kappa shape index (κ3) is 2.55. The highest BCUT2D eigenvalue weighted by Crippen LogP contribution is 2.43. The molecule has 1 atom stereocenters. The van der Waals surface area contributed by atoms with Crippen LogP contribution in [0.5, 0.6) is 0 Å². The van der Waals surface area contributed by atoms with Crippen LogP contribution in [0.15, 0.2) is 52.9 Å². The number of rotatable bonds is 3. The maximum Gasteiger partial charge on any atom is 0.0873 e. The van der Waals surface area contributed by atoms with Gasteiger partial charge in [0.2, 0.25) is 0 Å². The van der Waals surface area contributed by atoms with E-state index >= 15 is 0 Å². The average Bonchev–Trinajstić information content (AvgIpc) is 3.05. The molecule has 0 radical (unpaired) electrons. The van der Waals surface area contributed by atoms with Crippen molar-refractivity contribution < 1.29 is 0 Å². The second-order valence-electron chi connectivity index (χ2n) is 7.97. The van der Waals surface area contributed by atoms with Crippen LogP contribution in [0.2, 0.25) is 32.7 Å². The van der Waals surface area contributed by atoms with Gasteiger partial charge in [0.15, 0.2) is 0 Å². The lowest BCUT2D eigenvalue weighted by Crippen LogP contribution is -2.36. The summed E-state index contributed by atoms with van der Waals surface area (Å²) >= 11 is 0. The van der Waals surface area contributed by atoms with Crippen molar-refractivity contribution in [2.24, 2.45) is 0 Å². The summed E-state index contributed by atoms with van der Waals surface area (Å²) < 4.78 is 0. The normalized spacial score (nSPS) is 21.3. The quantitative estimate of drug-likeness (QED) is 0.627. The predicted octanol–water partition coefficient (Wildman–Crippen LogP) is 5.72. The van der Waals surface area contributed by atoms with E-state index in [0.717, 1.165) is 0 Å². The Bertz CT molecular complexity index is 654. The SMILES string of the molecule is C[Si](C)(C)C1=CCC([Si](C)(C)C2C=Cc3ccccc32)=C1. The Morgan fingerprint density at radius 1 is 1.00 bits per heavy atom. The number of hydrogen-bond donors (Lipinski definition) is 0. The van der Waals surface area contributed by atoms with E-state index in [4.69, 9.17) is 0 Å². The Balaban J connectivity index is 1.92. The molecule has 0 spiro atoms. The summed E-state index contributed by atoms with van der Waals surface area (Å²) in [6.45, 7) is 12.5. The van der Waals surface area contributed by atoms with Crippen LogP contribution in [0.4, 0.5) is 0 Å². The summed E-state index contributed by atoms with van der Waals surface area (Å²) in [6, 6.07) is 8.93. The molecule has 110 valence electrons. The van der Waals surface area contributed by atoms with Crippen molar-refractivity contribution in [3.05, 3.63) is 64.0 Å². The van der Waals surface area contributed by atoms with E-state index in [1.807, 2.05) is 0 Å². The molecule has 2 aliphatic carbocycles. The first-order chi connectivity index (χ1) is 9.80. The van der Waals surface area contributed by atoms with Gasteiger partial charge >= 0.3 is 0 Å². The molecule has 0 nitrogen and oxygen atoms in total. The molecule has 0 heterocycles. The summed E-state index contributed by atoms with van der Waals surface area (Å²) in [5.74, 6) is 0. The molecule has 0 bridgehead atoms. The lowest BCUT2D eigenvalue weighted by atomic mass is 10.1. The van der Waals surface area contributed by atoms with E-state index in [2.05, 4.69) is 81.3 Å². The van der Waals surface area contributed by atoms with Gasteiger partial charge in [0.1, 0.15) is 0 Å². The highest BCUT2D eigenvalue weighted by atomic mass is 28.3. The molecule has 3 rings (SSSR count). The first kappa shape index (κ1) is 14.8. The summed E-state index contributed by atoms with van der Waals surface area (Å²) in [7, 11) is -2.63. The molecular formula is C19H26Si2. The minimum atomic E-state index is -1.46. The molecule has 0 N–H and O–H groups in total. The monoisotopic (exact) mass is 310 g/mol. The fraction of sp³-hybridized carbons (Fsp3) is 0.368. The predicted molar refractivity (Wildman–Crippen MR) is 99.8 cm³/mol. The van der Waals surface area contributed by atoms with Gasteiger partial charge in [-0.05, 0) is 17.5 Å². The van der Waals surface area contributed by atoms with Crippen molar-refractivity contribution in [1.29, 1.82) is 0 Å². The zero-order chi connectivity index (χ0) is 15.3. The van der Waals surface area contributed by atoms with E-state index in [9.17, 15) is 0 Å². The van der Waals surface area contributed by atoms with Crippen LogP contribution in [0.25, 0.3) is 6.08 Å². The molecule has 1 aromatic carbocycles. The molecule has 0 saturated carbocycles. The fourth-order valence-corrected chi connectivity index (χ4v) is 8.21. The van der Waals surface area contributed by atoms with Crippen LogP contribution in [0, 0.1) is 0 Å². The van der Waals surface area contributed by atoms with Gasteiger partial charge < -0.3 is 0 Å². The van der Waals surface area contributed by atoms with E-state index in [0.29, 0.717) is 5.54 Å². The lowest BCUT2D eigenvalue weighted by Gasteiger charge is -2.31. The third-order valence-electron chi connectivity index (χ3n) is 5.14. The smallest absolute Gasteiger partial charge is 0.0816 e. The number of allylic oxidation sites excluding steroid dienone is 5. The van der Waals surface area contributed by atoms with Gasteiger partial charge in [-0.1, -0.05) is 91.7 Å². The fourth-order valence-electron chi connectivity index (χ4n) is 3.58. The number of fused-ring (bicyclic) bond motifs is 1.